The first kappa shape index (κ1) is 20.2. The van der Waals surface area contributed by atoms with E-state index < -0.39 is 6.10 Å². The van der Waals surface area contributed by atoms with Crippen molar-refractivity contribution in [2.45, 2.75) is 45.6 Å². The largest absolute Gasteiger partial charge is 0.481 e. The highest BCUT2D eigenvalue weighted by Crippen LogP contribution is 2.29. The molecule has 1 N–H and O–H groups in total. The lowest BCUT2D eigenvalue weighted by Gasteiger charge is -2.29. The third-order valence-electron chi connectivity index (χ3n) is 5.68. The minimum Gasteiger partial charge on any atom is -0.481 e. The molecule has 1 atom stereocenters. The molecule has 0 bridgehead atoms. The number of carbonyl (C=O) groups excluding carboxylic acids is 1. The molecule has 156 valence electrons. The maximum Gasteiger partial charge on any atom is 0.263 e. The van der Waals surface area contributed by atoms with Gasteiger partial charge >= 0.3 is 0 Å². The average molecular weight is 404 g/mol. The summed E-state index contributed by atoms with van der Waals surface area (Å²) >= 11 is 0. The molecule has 0 aliphatic carbocycles. The van der Waals surface area contributed by atoms with Crippen LogP contribution in [0, 0.1) is 0 Å². The van der Waals surface area contributed by atoms with Crippen LogP contribution in [0.25, 0.3) is 16.6 Å². The van der Waals surface area contributed by atoms with Crippen LogP contribution in [0.2, 0.25) is 0 Å². The van der Waals surface area contributed by atoms with E-state index in [0.717, 1.165) is 23.2 Å². The zero-order valence-electron chi connectivity index (χ0n) is 18.1. The summed E-state index contributed by atoms with van der Waals surface area (Å²) in [6.07, 6.45) is 6.24. The smallest absolute Gasteiger partial charge is 0.263 e. The number of nitrogens with one attached hydrogen (secondary N) is 1. The van der Waals surface area contributed by atoms with Crippen LogP contribution in [0.5, 0.6) is 5.75 Å². The fourth-order valence-electron chi connectivity index (χ4n) is 3.88. The summed E-state index contributed by atoms with van der Waals surface area (Å²) in [4.78, 5) is 22.4. The number of fused-ring (bicyclic) bond motifs is 1. The Morgan fingerprint density at radius 3 is 2.80 bits per heavy atom. The molecule has 0 spiro atoms. The predicted octanol–water partition coefficient (Wildman–Crippen LogP) is 4.94. The van der Waals surface area contributed by atoms with E-state index >= 15 is 0 Å². The number of hydrogen-bond donors (Lipinski definition) is 1. The standard InChI is InChI=1S/C25H29N3O2/c1-17(30-20-8-5-7-19(15-20)25(2,3)4)24(29)28-13-10-18(11-14-28)22-16-27-23-21(22)9-6-12-26-23/h5-10,12,15-17H,11,13-14H2,1-4H3,(H,26,27). The van der Waals surface area contributed by atoms with Gasteiger partial charge < -0.3 is 14.6 Å². The second kappa shape index (κ2) is 7.98. The van der Waals surface area contributed by atoms with Gasteiger partial charge in [-0.05, 0) is 54.2 Å². The van der Waals surface area contributed by atoms with Gasteiger partial charge in [0.15, 0.2) is 6.10 Å². The van der Waals surface area contributed by atoms with Gasteiger partial charge in [0.25, 0.3) is 5.91 Å². The van der Waals surface area contributed by atoms with Crippen LogP contribution in [0.4, 0.5) is 0 Å². The molecule has 0 saturated carbocycles. The SMILES string of the molecule is CC(Oc1cccc(C(C)(C)C)c1)C(=O)N1CC=C(c2c[nH]c3ncccc23)CC1. The molecule has 3 heterocycles. The van der Waals surface area contributed by atoms with Gasteiger partial charge in [-0.2, -0.15) is 0 Å². The van der Waals surface area contributed by atoms with Crippen molar-refractivity contribution < 1.29 is 9.53 Å². The highest BCUT2D eigenvalue weighted by molar-refractivity contribution is 5.91. The number of nitrogens with zero attached hydrogens (tertiary/aromatic N) is 2. The van der Waals surface area contributed by atoms with E-state index in [4.69, 9.17) is 4.74 Å². The minimum atomic E-state index is -0.521. The van der Waals surface area contributed by atoms with E-state index in [-0.39, 0.29) is 11.3 Å². The maximum absolute atomic E-state index is 12.9. The molecular formula is C25H29N3O2. The van der Waals surface area contributed by atoms with Crippen molar-refractivity contribution in [3.05, 3.63) is 66.0 Å². The number of benzene rings is 1. The van der Waals surface area contributed by atoms with Crippen molar-refractivity contribution in [3.63, 3.8) is 0 Å². The Hall–Kier alpha value is -3.08. The van der Waals surface area contributed by atoms with Crippen LogP contribution in [0.1, 0.15) is 45.2 Å². The number of hydrogen-bond acceptors (Lipinski definition) is 3. The quantitative estimate of drug-likeness (QED) is 0.671. The summed E-state index contributed by atoms with van der Waals surface area (Å²) in [6.45, 7) is 9.62. The second-order valence-corrected chi connectivity index (χ2v) is 8.90. The molecule has 5 heteroatoms. The molecule has 1 aromatic carbocycles. The number of aromatic amines is 1. The van der Waals surface area contributed by atoms with E-state index in [1.54, 1.807) is 6.20 Å². The zero-order valence-corrected chi connectivity index (χ0v) is 18.1. The lowest BCUT2D eigenvalue weighted by atomic mass is 9.87. The van der Waals surface area contributed by atoms with Gasteiger partial charge in [-0.15, -0.1) is 0 Å². The highest BCUT2D eigenvalue weighted by Gasteiger charge is 2.25. The number of rotatable bonds is 4. The van der Waals surface area contributed by atoms with Crippen molar-refractivity contribution >= 4 is 22.5 Å². The number of carbonyl (C=O) groups is 1. The third-order valence-corrected chi connectivity index (χ3v) is 5.68. The summed E-state index contributed by atoms with van der Waals surface area (Å²) in [6, 6.07) is 12.1. The first-order valence-electron chi connectivity index (χ1n) is 10.5. The third kappa shape index (κ3) is 4.11. The fraction of sp³-hybridized carbons (Fsp3) is 0.360. The van der Waals surface area contributed by atoms with Crippen molar-refractivity contribution in [1.29, 1.82) is 0 Å². The molecule has 1 aliphatic rings. The molecule has 1 amide bonds. The van der Waals surface area contributed by atoms with Gasteiger partial charge in [-0.3, -0.25) is 4.79 Å². The summed E-state index contributed by atoms with van der Waals surface area (Å²) < 4.78 is 6.00. The van der Waals surface area contributed by atoms with Crippen LogP contribution in [0.3, 0.4) is 0 Å². The topological polar surface area (TPSA) is 58.2 Å². The summed E-state index contributed by atoms with van der Waals surface area (Å²) in [7, 11) is 0. The summed E-state index contributed by atoms with van der Waals surface area (Å²) in [5.74, 6) is 0.759. The van der Waals surface area contributed by atoms with E-state index in [0.29, 0.717) is 13.1 Å². The lowest BCUT2D eigenvalue weighted by molar-refractivity contribution is -0.137. The molecule has 4 rings (SSSR count). The Kier molecular flexibility index (Phi) is 5.37. The number of ether oxygens (including phenoxy) is 1. The Morgan fingerprint density at radius 1 is 1.23 bits per heavy atom. The zero-order chi connectivity index (χ0) is 21.3. The van der Waals surface area contributed by atoms with Crippen LogP contribution >= 0.6 is 0 Å². The Morgan fingerprint density at radius 2 is 2.07 bits per heavy atom. The van der Waals surface area contributed by atoms with Gasteiger partial charge in [0.1, 0.15) is 11.4 Å². The highest BCUT2D eigenvalue weighted by atomic mass is 16.5. The van der Waals surface area contributed by atoms with Gasteiger partial charge in [0.2, 0.25) is 0 Å². The summed E-state index contributed by atoms with van der Waals surface area (Å²) in [5, 5.41) is 1.12. The predicted molar refractivity (Wildman–Crippen MR) is 120 cm³/mol. The van der Waals surface area contributed by atoms with E-state index in [9.17, 15) is 4.79 Å². The number of H-pyrrole nitrogens is 1. The van der Waals surface area contributed by atoms with E-state index in [1.807, 2.05) is 42.3 Å². The molecule has 5 nitrogen and oxygen atoms in total. The number of aromatic nitrogens is 2. The second-order valence-electron chi connectivity index (χ2n) is 8.90. The van der Waals surface area contributed by atoms with Gasteiger partial charge in [-0.1, -0.05) is 39.0 Å². The fourth-order valence-corrected chi connectivity index (χ4v) is 3.88. The van der Waals surface area contributed by atoms with Crippen LogP contribution < -0.4 is 4.74 Å². The Labute approximate surface area is 177 Å². The van der Waals surface area contributed by atoms with E-state index in [2.05, 4.69) is 48.9 Å². The molecule has 1 unspecified atom stereocenters. The molecule has 0 fully saturated rings. The summed E-state index contributed by atoms with van der Waals surface area (Å²) in [5.41, 5.74) is 4.56. The number of pyridine rings is 1. The normalized spacial score (nSPS) is 15.7. The molecule has 0 radical (unpaired) electrons. The van der Waals surface area contributed by atoms with Crippen molar-refractivity contribution in [2.24, 2.45) is 0 Å². The van der Waals surface area contributed by atoms with Crippen LogP contribution in [-0.4, -0.2) is 40.0 Å². The van der Waals surface area contributed by atoms with Crippen molar-refractivity contribution in [3.8, 4) is 5.75 Å². The first-order chi connectivity index (χ1) is 14.3. The lowest BCUT2D eigenvalue weighted by Crippen LogP contribution is -2.42. The van der Waals surface area contributed by atoms with Crippen LogP contribution in [-0.2, 0) is 10.2 Å². The first-order valence-corrected chi connectivity index (χ1v) is 10.5. The molecule has 1 aliphatic heterocycles. The molecule has 30 heavy (non-hydrogen) atoms. The van der Waals surface area contributed by atoms with E-state index in [1.165, 1.54) is 16.7 Å². The van der Waals surface area contributed by atoms with Gasteiger partial charge in [0.05, 0.1) is 0 Å². The average Bonchev–Trinajstić information content (AvgIpc) is 3.17. The Bertz CT molecular complexity index is 1090. The number of amides is 1. The van der Waals surface area contributed by atoms with Gasteiger partial charge in [0, 0.05) is 36.4 Å². The minimum absolute atomic E-state index is 0.0204. The van der Waals surface area contributed by atoms with Crippen molar-refractivity contribution in [2.75, 3.05) is 13.1 Å². The Balaban J connectivity index is 1.42. The molecular weight excluding hydrogens is 374 g/mol. The molecule has 2 aromatic heterocycles. The van der Waals surface area contributed by atoms with Crippen molar-refractivity contribution in [1.82, 2.24) is 14.9 Å². The monoisotopic (exact) mass is 403 g/mol. The molecule has 0 saturated heterocycles. The van der Waals surface area contributed by atoms with Crippen LogP contribution in [0.15, 0.2) is 54.9 Å². The maximum atomic E-state index is 12.9. The van der Waals surface area contributed by atoms with Gasteiger partial charge in [-0.25, -0.2) is 4.98 Å². The molecule has 3 aromatic rings.